The van der Waals surface area contributed by atoms with Crippen molar-refractivity contribution in [2.45, 2.75) is 52.6 Å². The Kier molecular flexibility index (Phi) is 4.40. The fourth-order valence-corrected chi connectivity index (χ4v) is 1.08. The molecule has 3 N–H and O–H groups in total. The summed E-state index contributed by atoms with van der Waals surface area (Å²) in [6.07, 6.45) is 0.738. The van der Waals surface area contributed by atoms with Crippen molar-refractivity contribution in [1.82, 2.24) is 5.32 Å². The van der Waals surface area contributed by atoms with Crippen molar-refractivity contribution < 1.29 is 4.79 Å². The molecule has 0 aromatic carbocycles. The van der Waals surface area contributed by atoms with Crippen LogP contribution in [-0.2, 0) is 4.79 Å². The van der Waals surface area contributed by atoms with Gasteiger partial charge < -0.3 is 11.1 Å². The predicted molar refractivity (Wildman–Crippen MR) is 55.3 cm³/mol. The van der Waals surface area contributed by atoms with Gasteiger partial charge in [-0.15, -0.1) is 0 Å². The van der Waals surface area contributed by atoms with E-state index in [-0.39, 0.29) is 17.5 Å². The van der Waals surface area contributed by atoms with E-state index < -0.39 is 0 Å². The summed E-state index contributed by atoms with van der Waals surface area (Å²) in [7, 11) is 0. The van der Waals surface area contributed by atoms with E-state index in [0.717, 1.165) is 6.42 Å². The minimum Gasteiger partial charge on any atom is -0.350 e. The maximum Gasteiger partial charge on any atom is 0.237 e. The molecule has 0 aliphatic rings. The van der Waals surface area contributed by atoms with Crippen LogP contribution in [0.15, 0.2) is 0 Å². The van der Waals surface area contributed by atoms with Gasteiger partial charge in [-0.25, -0.2) is 0 Å². The molecule has 0 heterocycles. The highest BCUT2D eigenvalue weighted by Gasteiger charge is 2.19. The zero-order valence-corrected chi connectivity index (χ0v) is 9.35. The number of hydrogen-bond acceptors (Lipinski definition) is 2. The van der Waals surface area contributed by atoms with E-state index in [0.29, 0.717) is 5.92 Å². The van der Waals surface area contributed by atoms with E-state index in [4.69, 9.17) is 5.73 Å². The van der Waals surface area contributed by atoms with Crippen LogP contribution in [0.4, 0.5) is 0 Å². The molecule has 1 amide bonds. The third-order valence-electron chi connectivity index (χ3n) is 1.56. The molecule has 0 aliphatic heterocycles. The van der Waals surface area contributed by atoms with Gasteiger partial charge in [-0.2, -0.15) is 0 Å². The highest BCUT2D eigenvalue weighted by molar-refractivity contribution is 5.82. The van der Waals surface area contributed by atoms with Crippen molar-refractivity contribution in [3.8, 4) is 0 Å². The minimum absolute atomic E-state index is 0.0544. The number of rotatable bonds is 3. The predicted octanol–water partition coefficient (Wildman–Crippen LogP) is 1.27. The molecule has 78 valence electrons. The third kappa shape index (κ3) is 6.58. The Morgan fingerprint density at radius 3 is 2.15 bits per heavy atom. The highest BCUT2D eigenvalue weighted by Crippen LogP contribution is 2.05. The van der Waals surface area contributed by atoms with Crippen LogP contribution in [0.25, 0.3) is 0 Å². The van der Waals surface area contributed by atoms with Gasteiger partial charge in [0.25, 0.3) is 0 Å². The topological polar surface area (TPSA) is 55.1 Å². The van der Waals surface area contributed by atoms with Crippen LogP contribution >= 0.6 is 0 Å². The second-order valence-electron chi connectivity index (χ2n) is 4.98. The van der Waals surface area contributed by atoms with Crippen LogP contribution in [0.5, 0.6) is 0 Å². The van der Waals surface area contributed by atoms with Crippen molar-refractivity contribution in [2.75, 3.05) is 0 Å². The molecule has 0 fully saturated rings. The molecule has 0 saturated carbocycles. The number of hydrogen-bond donors (Lipinski definition) is 2. The van der Waals surface area contributed by atoms with Crippen molar-refractivity contribution in [1.29, 1.82) is 0 Å². The monoisotopic (exact) mass is 186 g/mol. The lowest BCUT2D eigenvalue weighted by atomic mass is 10.0. The molecule has 3 nitrogen and oxygen atoms in total. The zero-order valence-electron chi connectivity index (χ0n) is 9.35. The maximum absolute atomic E-state index is 11.5. The zero-order chi connectivity index (χ0) is 10.6. The second-order valence-corrected chi connectivity index (χ2v) is 4.98. The van der Waals surface area contributed by atoms with Gasteiger partial charge in [0.2, 0.25) is 5.91 Å². The van der Waals surface area contributed by atoms with Gasteiger partial charge in [0.05, 0.1) is 6.04 Å². The summed E-state index contributed by atoms with van der Waals surface area (Å²) in [5, 5.41) is 2.86. The Hall–Kier alpha value is -0.570. The van der Waals surface area contributed by atoms with E-state index >= 15 is 0 Å². The van der Waals surface area contributed by atoms with Gasteiger partial charge in [0.1, 0.15) is 0 Å². The number of nitrogens with one attached hydrogen (secondary N) is 1. The number of carbonyl (C=O) groups is 1. The molecule has 13 heavy (non-hydrogen) atoms. The summed E-state index contributed by atoms with van der Waals surface area (Å²) < 4.78 is 0. The van der Waals surface area contributed by atoms with Gasteiger partial charge in [-0.1, -0.05) is 13.8 Å². The Labute approximate surface area is 81.1 Å². The lowest BCUT2D eigenvalue weighted by Gasteiger charge is -2.23. The van der Waals surface area contributed by atoms with E-state index in [1.54, 1.807) is 0 Å². The molecule has 0 rings (SSSR count). The third-order valence-corrected chi connectivity index (χ3v) is 1.56. The number of nitrogens with two attached hydrogens (primary N) is 1. The number of carbonyl (C=O) groups excluding carboxylic acids is 1. The lowest BCUT2D eigenvalue weighted by Crippen LogP contribution is -2.49. The summed E-state index contributed by atoms with van der Waals surface area (Å²) in [5.41, 5.74) is 5.52. The molecule has 0 aromatic heterocycles. The smallest absolute Gasteiger partial charge is 0.237 e. The first kappa shape index (κ1) is 12.4. The first-order chi connectivity index (χ1) is 5.72. The summed E-state index contributed by atoms with van der Waals surface area (Å²) in [6.45, 7) is 9.97. The first-order valence-corrected chi connectivity index (χ1v) is 4.80. The quantitative estimate of drug-likeness (QED) is 0.697. The molecule has 0 unspecified atom stereocenters. The molecule has 0 bridgehead atoms. The molecule has 0 spiro atoms. The summed E-state index contributed by atoms with van der Waals surface area (Å²) >= 11 is 0. The van der Waals surface area contributed by atoms with Crippen molar-refractivity contribution >= 4 is 5.91 Å². The largest absolute Gasteiger partial charge is 0.350 e. The number of amides is 1. The van der Waals surface area contributed by atoms with Crippen LogP contribution in [0.1, 0.15) is 41.0 Å². The van der Waals surface area contributed by atoms with E-state index in [1.165, 1.54) is 0 Å². The SMILES string of the molecule is CC(C)C[C@@H](N)C(=O)NC(C)(C)C. The van der Waals surface area contributed by atoms with E-state index in [1.807, 2.05) is 20.8 Å². The van der Waals surface area contributed by atoms with Crippen molar-refractivity contribution in [3.05, 3.63) is 0 Å². The second kappa shape index (κ2) is 4.61. The van der Waals surface area contributed by atoms with Crippen LogP contribution in [0, 0.1) is 5.92 Å². The fourth-order valence-electron chi connectivity index (χ4n) is 1.08. The Balaban J connectivity index is 3.97. The van der Waals surface area contributed by atoms with E-state index in [9.17, 15) is 4.79 Å². The standard InChI is InChI=1S/C10H22N2O/c1-7(2)6-8(11)9(13)12-10(3,4)5/h7-8H,6,11H2,1-5H3,(H,12,13)/t8-/m1/s1. The molecular formula is C10H22N2O. The van der Waals surface area contributed by atoms with Crippen LogP contribution in [0.3, 0.4) is 0 Å². The van der Waals surface area contributed by atoms with Gasteiger partial charge in [0, 0.05) is 5.54 Å². The first-order valence-electron chi connectivity index (χ1n) is 4.80. The van der Waals surface area contributed by atoms with Crippen molar-refractivity contribution in [3.63, 3.8) is 0 Å². The van der Waals surface area contributed by atoms with Crippen LogP contribution in [0.2, 0.25) is 0 Å². The molecule has 0 saturated heterocycles. The lowest BCUT2D eigenvalue weighted by molar-refractivity contribution is -0.124. The van der Waals surface area contributed by atoms with Gasteiger partial charge in [-0.3, -0.25) is 4.79 Å². The summed E-state index contributed by atoms with van der Waals surface area (Å²) in [6, 6.07) is -0.376. The fraction of sp³-hybridized carbons (Fsp3) is 0.900. The van der Waals surface area contributed by atoms with Crippen molar-refractivity contribution in [2.24, 2.45) is 11.7 Å². The Bertz CT molecular complexity index is 170. The van der Waals surface area contributed by atoms with Crippen LogP contribution in [-0.4, -0.2) is 17.5 Å². The Morgan fingerprint density at radius 2 is 1.85 bits per heavy atom. The van der Waals surface area contributed by atoms with Gasteiger partial charge in [-0.05, 0) is 33.1 Å². The summed E-state index contributed by atoms with van der Waals surface area (Å²) in [5.74, 6) is 0.405. The normalized spacial score (nSPS) is 14.4. The van der Waals surface area contributed by atoms with Gasteiger partial charge in [0.15, 0.2) is 0 Å². The average molecular weight is 186 g/mol. The average Bonchev–Trinajstić information content (AvgIpc) is 1.81. The molecule has 1 atom stereocenters. The molecule has 0 aliphatic carbocycles. The Morgan fingerprint density at radius 1 is 1.38 bits per heavy atom. The molecule has 0 aromatic rings. The van der Waals surface area contributed by atoms with Gasteiger partial charge >= 0.3 is 0 Å². The maximum atomic E-state index is 11.5. The molecule has 3 heteroatoms. The molecule has 0 radical (unpaired) electrons. The van der Waals surface area contributed by atoms with Crippen LogP contribution < -0.4 is 11.1 Å². The highest BCUT2D eigenvalue weighted by atomic mass is 16.2. The molecular weight excluding hydrogens is 164 g/mol. The minimum atomic E-state index is -0.376. The van der Waals surface area contributed by atoms with E-state index in [2.05, 4.69) is 19.2 Å². The summed E-state index contributed by atoms with van der Waals surface area (Å²) in [4.78, 5) is 11.5.